The highest BCUT2D eigenvalue weighted by Gasteiger charge is 2.35. The van der Waals surface area contributed by atoms with Crippen LogP contribution in [0, 0.1) is 0 Å². The number of para-hydroxylation sites is 1. The van der Waals surface area contributed by atoms with E-state index in [1.807, 2.05) is 18.2 Å². The number of thiocarbonyl (C=S) groups is 1. The number of anilines is 1. The molecule has 0 saturated heterocycles. The second-order valence-electron chi connectivity index (χ2n) is 6.22. The number of hydrogen-bond donors (Lipinski definition) is 3. The Morgan fingerprint density at radius 3 is 2.14 bits per heavy atom. The summed E-state index contributed by atoms with van der Waals surface area (Å²) in [6, 6.07) is 12.5. The van der Waals surface area contributed by atoms with Crippen molar-refractivity contribution < 1.29 is 4.79 Å². The van der Waals surface area contributed by atoms with E-state index in [4.69, 9.17) is 58.6 Å². The van der Waals surface area contributed by atoms with Crippen molar-refractivity contribution in [3.8, 4) is 0 Å². The maximum Gasteiger partial charge on any atom is 0.253 e. The maximum absolute atomic E-state index is 12.5. The highest BCUT2D eigenvalue weighted by molar-refractivity contribution is 7.80. The standard InChI is InChI=1S/C20H21Cl4N3OS/c1-3-12-7-5-8-13(4-2)16(12)25-19(29)27-18(20(22,23)24)26-17(28)14-9-6-10-15(21)11-14/h5-11,18H,3-4H2,1-2H3,(H,26,28)(H2,25,27,29). The molecule has 0 aliphatic rings. The lowest BCUT2D eigenvalue weighted by molar-refractivity contribution is 0.0934. The normalized spacial score (nSPS) is 12.2. The molecule has 9 heteroatoms. The molecule has 0 heterocycles. The maximum atomic E-state index is 12.5. The quantitative estimate of drug-likeness (QED) is 0.268. The molecule has 1 unspecified atom stereocenters. The summed E-state index contributed by atoms with van der Waals surface area (Å²) >= 11 is 29.6. The number of halogens is 4. The van der Waals surface area contributed by atoms with Gasteiger partial charge in [-0.15, -0.1) is 0 Å². The molecule has 2 aromatic carbocycles. The zero-order chi connectivity index (χ0) is 21.6. The molecule has 0 spiro atoms. The van der Waals surface area contributed by atoms with E-state index in [2.05, 4.69) is 29.8 Å². The van der Waals surface area contributed by atoms with Crippen LogP contribution in [0.2, 0.25) is 5.02 Å². The Bertz CT molecular complexity index is 864. The van der Waals surface area contributed by atoms with E-state index >= 15 is 0 Å². The van der Waals surface area contributed by atoms with Gasteiger partial charge < -0.3 is 16.0 Å². The topological polar surface area (TPSA) is 53.2 Å². The molecule has 2 aromatic rings. The molecule has 0 saturated carbocycles. The van der Waals surface area contributed by atoms with Crippen molar-refractivity contribution >= 4 is 75.3 Å². The third kappa shape index (κ3) is 6.90. The number of hydrogen-bond acceptors (Lipinski definition) is 2. The van der Waals surface area contributed by atoms with Crippen molar-refractivity contribution in [2.75, 3.05) is 5.32 Å². The Hall–Kier alpha value is -1.24. The molecular weight excluding hydrogens is 472 g/mol. The predicted molar refractivity (Wildman–Crippen MR) is 128 cm³/mol. The molecular formula is C20H21Cl4N3OS. The number of carbonyl (C=O) groups is 1. The van der Waals surface area contributed by atoms with Crippen LogP contribution in [0.5, 0.6) is 0 Å². The zero-order valence-corrected chi connectivity index (χ0v) is 19.7. The van der Waals surface area contributed by atoms with E-state index in [0.717, 1.165) is 29.7 Å². The molecule has 0 fully saturated rings. The van der Waals surface area contributed by atoms with Gasteiger partial charge in [0, 0.05) is 16.3 Å². The summed E-state index contributed by atoms with van der Waals surface area (Å²) in [5.74, 6) is -0.456. The van der Waals surface area contributed by atoms with Gasteiger partial charge in [0.05, 0.1) is 0 Å². The highest BCUT2D eigenvalue weighted by atomic mass is 35.6. The molecule has 0 radical (unpaired) electrons. The van der Waals surface area contributed by atoms with Crippen molar-refractivity contribution in [2.45, 2.75) is 36.6 Å². The molecule has 2 rings (SSSR count). The van der Waals surface area contributed by atoms with Gasteiger partial charge in [-0.05, 0) is 54.4 Å². The number of carbonyl (C=O) groups excluding carboxylic acids is 1. The van der Waals surface area contributed by atoms with Crippen LogP contribution in [0.3, 0.4) is 0 Å². The van der Waals surface area contributed by atoms with E-state index in [1.54, 1.807) is 18.2 Å². The Morgan fingerprint density at radius 1 is 1.03 bits per heavy atom. The predicted octanol–water partition coefficient (Wildman–Crippen LogP) is 5.88. The third-order valence-corrected chi connectivity index (χ3v) is 5.31. The molecule has 0 aromatic heterocycles. The van der Waals surface area contributed by atoms with Crippen molar-refractivity contribution in [1.29, 1.82) is 0 Å². The summed E-state index contributed by atoms with van der Waals surface area (Å²) in [4.78, 5) is 12.5. The van der Waals surface area contributed by atoms with E-state index < -0.39 is 15.9 Å². The summed E-state index contributed by atoms with van der Waals surface area (Å²) < 4.78 is -1.85. The van der Waals surface area contributed by atoms with E-state index in [9.17, 15) is 4.79 Å². The van der Waals surface area contributed by atoms with Crippen LogP contribution in [-0.2, 0) is 12.8 Å². The largest absolute Gasteiger partial charge is 0.339 e. The Balaban J connectivity index is 2.17. The van der Waals surface area contributed by atoms with Gasteiger partial charge in [0.2, 0.25) is 3.79 Å². The van der Waals surface area contributed by atoms with Crippen molar-refractivity contribution in [2.24, 2.45) is 0 Å². The van der Waals surface area contributed by atoms with Crippen LogP contribution in [0.25, 0.3) is 0 Å². The number of aryl methyl sites for hydroxylation is 2. The first kappa shape index (κ1) is 24.0. The van der Waals surface area contributed by atoms with Gasteiger partial charge in [-0.1, -0.05) is 84.5 Å². The number of alkyl halides is 3. The van der Waals surface area contributed by atoms with E-state index in [-0.39, 0.29) is 5.11 Å². The van der Waals surface area contributed by atoms with Gasteiger partial charge in [-0.25, -0.2) is 0 Å². The first-order valence-corrected chi connectivity index (χ1v) is 10.9. The molecule has 4 nitrogen and oxygen atoms in total. The first-order chi connectivity index (χ1) is 13.7. The van der Waals surface area contributed by atoms with Gasteiger partial charge in [0.15, 0.2) is 5.11 Å². The molecule has 0 aliphatic heterocycles. The lowest BCUT2D eigenvalue weighted by Gasteiger charge is -2.28. The Morgan fingerprint density at radius 2 is 1.62 bits per heavy atom. The summed E-state index contributed by atoms with van der Waals surface area (Å²) in [5, 5.41) is 9.36. The minimum absolute atomic E-state index is 0.225. The second-order valence-corrected chi connectivity index (χ2v) is 9.43. The monoisotopic (exact) mass is 491 g/mol. The molecule has 0 aliphatic carbocycles. The zero-order valence-electron chi connectivity index (χ0n) is 15.9. The van der Waals surface area contributed by atoms with Crippen LogP contribution >= 0.6 is 58.6 Å². The van der Waals surface area contributed by atoms with E-state index in [1.165, 1.54) is 6.07 Å². The summed E-state index contributed by atoms with van der Waals surface area (Å²) in [5.41, 5.74) is 3.48. The van der Waals surface area contributed by atoms with Crippen LogP contribution in [-0.4, -0.2) is 21.0 Å². The van der Waals surface area contributed by atoms with Gasteiger partial charge in [0.1, 0.15) is 6.17 Å². The van der Waals surface area contributed by atoms with Gasteiger partial charge in [0.25, 0.3) is 5.91 Å². The smallest absolute Gasteiger partial charge is 0.253 e. The summed E-state index contributed by atoms with van der Waals surface area (Å²) in [6.07, 6.45) is 0.592. The lowest BCUT2D eigenvalue weighted by Crippen LogP contribution is -2.56. The van der Waals surface area contributed by atoms with Crippen LogP contribution in [0.15, 0.2) is 42.5 Å². The minimum atomic E-state index is -1.85. The summed E-state index contributed by atoms with van der Waals surface area (Å²) in [6.45, 7) is 4.12. The van der Waals surface area contributed by atoms with Crippen molar-refractivity contribution in [3.63, 3.8) is 0 Å². The number of rotatable bonds is 6. The average molecular weight is 493 g/mol. The van der Waals surface area contributed by atoms with E-state index in [0.29, 0.717) is 10.6 Å². The molecule has 156 valence electrons. The fourth-order valence-corrected chi connectivity index (χ4v) is 3.47. The Kier molecular flexibility index (Phi) is 8.86. The van der Waals surface area contributed by atoms with Crippen molar-refractivity contribution in [3.05, 3.63) is 64.2 Å². The number of amides is 1. The fraction of sp³-hybridized carbons (Fsp3) is 0.300. The van der Waals surface area contributed by atoms with Crippen LogP contribution < -0.4 is 16.0 Å². The number of benzene rings is 2. The van der Waals surface area contributed by atoms with Crippen molar-refractivity contribution in [1.82, 2.24) is 10.6 Å². The minimum Gasteiger partial charge on any atom is -0.339 e. The highest BCUT2D eigenvalue weighted by Crippen LogP contribution is 2.30. The molecule has 0 bridgehead atoms. The first-order valence-electron chi connectivity index (χ1n) is 8.97. The van der Waals surface area contributed by atoms with Gasteiger partial charge >= 0.3 is 0 Å². The third-order valence-electron chi connectivity index (χ3n) is 4.20. The van der Waals surface area contributed by atoms with Gasteiger partial charge in [-0.2, -0.15) is 0 Å². The Labute approximate surface area is 196 Å². The molecule has 3 N–H and O–H groups in total. The molecule has 1 atom stereocenters. The number of nitrogens with one attached hydrogen (secondary N) is 3. The fourth-order valence-electron chi connectivity index (χ4n) is 2.73. The van der Waals surface area contributed by atoms with Crippen LogP contribution in [0.1, 0.15) is 35.3 Å². The van der Waals surface area contributed by atoms with Gasteiger partial charge in [-0.3, -0.25) is 4.79 Å². The molecule has 29 heavy (non-hydrogen) atoms. The average Bonchev–Trinajstić information content (AvgIpc) is 2.66. The second kappa shape index (κ2) is 10.7. The van der Waals surface area contributed by atoms with Crippen LogP contribution in [0.4, 0.5) is 5.69 Å². The lowest BCUT2D eigenvalue weighted by atomic mass is 10.0. The SMILES string of the molecule is CCc1cccc(CC)c1NC(=S)NC(NC(=O)c1cccc(Cl)c1)C(Cl)(Cl)Cl. The summed E-state index contributed by atoms with van der Waals surface area (Å²) in [7, 11) is 0. The molecule has 1 amide bonds.